The summed E-state index contributed by atoms with van der Waals surface area (Å²) >= 11 is 0. The van der Waals surface area contributed by atoms with Gasteiger partial charge in [-0.25, -0.2) is 0 Å². The molecule has 0 aromatic carbocycles. The lowest BCUT2D eigenvalue weighted by Crippen LogP contribution is -2.30. The van der Waals surface area contributed by atoms with Gasteiger partial charge in [-0.3, -0.25) is 28.8 Å². The summed E-state index contributed by atoms with van der Waals surface area (Å²) in [5.41, 5.74) is 0. The molecule has 0 spiro atoms. The maximum absolute atomic E-state index is 12.4. The van der Waals surface area contributed by atoms with Crippen LogP contribution in [0.15, 0.2) is 0 Å². The van der Waals surface area contributed by atoms with Crippen molar-refractivity contribution in [3.05, 3.63) is 0 Å². The van der Waals surface area contributed by atoms with Gasteiger partial charge in [-0.05, 0) is 51.4 Å². The van der Waals surface area contributed by atoms with Crippen LogP contribution in [0.4, 0.5) is 0 Å². The number of carbonyl (C=O) groups is 6. The minimum atomic E-state index is -0.931. The van der Waals surface area contributed by atoms with E-state index in [4.69, 9.17) is 37.9 Å². The normalized spacial score (nSPS) is 18.2. The van der Waals surface area contributed by atoms with E-state index >= 15 is 0 Å². The summed E-state index contributed by atoms with van der Waals surface area (Å²) in [7, 11) is 0. The number of carbonyl (C=O) groups excluding carboxylic acids is 6. The van der Waals surface area contributed by atoms with Crippen molar-refractivity contribution < 1.29 is 66.7 Å². The first-order valence-corrected chi connectivity index (χ1v) is 26.3. The van der Waals surface area contributed by atoms with E-state index in [1.165, 1.54) is 104 Å². The Kier molecular flexibility index (Phi) is 34.5. The molecule has 0 amide bonds. The van der Waals surface area contributed by atoms with E-state index in [0.29, 0.717) is 50.1 Å². The smallest absolute Gasteiger partial charge is 0.305 e. The van der Waals surface area contributed by atoms with Crippen LogP contribution in [0, 0.1) is 0 Å². The monoisotopic (exact) mass is 939 g/mol. The average molecular weight is 939 g/mol. The molecule has 14 heteroatoms. The SMILES string of the molecule is CCCCCCCCC1OC1CCCCCCCC(=O)OCC(COC(=O)CCCCC(=O)OCC(COC(=O)CCCCCCCC1OC1CCCCCCCC)OC(C)=O)OC(C)=O. The zero-order valence-electron chi connectivity index (χ0n) is 41.6. The molecule has 0 saturated carbocycles. The Labute approximate surface area is 397 Å². The highest BCUT2D eigenvalue weighted by molar-refractivity contribution is 5.71. The van der Waals surface area contributed by atoms with E-state index in [1.807, 2.05) is 0 Å². The molecular weight excluding hydrogens is 849 g/mol. The molecule has 0 radical (unpaired) electrons. The Hall–Kier alpha value is -3.26. The van der Waals surface area contributed by atoms with Crippen LogP contribution >= 0.6 is 0 Å². The molecule has 382 valence electrons. The first kappa shape index (κ1) is 58.9. The molecule has 2 rings (SSSR count). The Morgan fingerprint density at radius 1 is 0.348 bits per heavy atom. The number of hydrogen-bond donors (Lipinski definition) is 0. The Bertz CT molecular complexity index is 1220. The summed E-state index contributed by atoms with van der Waals surface area (Å²) in [5, 5.41) is 0. The van der Waals surface area contributed by atoms with Crippen molar-refractivity contribution in [2.45, 2.75) is 270 Å². The zero-order valence-corrected chi connectivity index (χ0v) is 41.6. The standard InChI is InChI=1S/C52H90O14/c1-5-7-9-11-15-21-29-45-47(65-45)31-23-17-13-19-25-33-49(55)59-37-43(63-41(3)53)39-61-51(57)35-27-28-36-52(58)62-40-44(64-42(4)54)38-60-50(56)34-26-20-14-18-24-32-48-46(66-48)30-22-16-12-10-8-6-2/h43-48H,5-40H2,1-4H3. The fourth-order valence-electron chi connectivity index (χ4n) is 8.19. The summed E-state index contributed by atoms with van der Waals surface area (Å²) in [6.45, 7) is 5.96. The zero-order chi connectivity index (χ0) is 48.0. The molecule has 6 atom stereocenters. The van der Waals surface area contributed by atoms with Gasteiger partial charge in [-0.15, -0.1) is 0 Å². The molecule has 6 unspecified atom stereocenters. The lowest BCUT2D eigenvalue weighted by atomic mass is 10.0. The fraction of sp³-hybridized carbons (Fsp3) is 0.885. The lowest BCUT2D eigenvalue weighted by Gasteiger charge is -2.17. The fourth-order valence-corrected chi connectivity index (χ4v) is 8.19. The topological polar surface area (TPSA) is 183 Å². The first-order valence-electron chi connectivity index (χ1n) is 26.3. The molecule has 0 bridgehead atoms. The number of ether oxygens (including phenoxy) is 8. The van der Waals surface area contributed by atoms with Gasteiger partial charge in [0.25, 0.3) is 0 Å². The average Bonchev–Trinajstić information content (AvgIpc) is 4.22. The van der Waals surface area contributed by atoms with Gasteiger partial charge in [-0.1, -0.05) is 142 Å². The highest BCUT2D eigenvalue weighted by atomic mass is 16.6. The summed E-state index contributed by atoms with van der Waals surface area (Å²) < 4.78 is 43.2. The van der Waals surface area contributed by atoms with Gasteiger partial charge < -0.3 is 37.9 Å². The van der Waals surface area contributed by atoms with E-state index in [-0.39, 0.29) is 52.1 Å². The van der Waals surface area contributed by atoms with Gasteiger partial charge >= 0.3 is 35.8 Å². The molecule has 0 N–H and O–H groups in total. The quantitative estimate of drug-likeness (QED) is 0.0243. The van der Waals surface area contributed by atoms with Crippen molar-refractivity contribution in [2.24, 2.45) is 0 Å². The number of unbranched alkanes of at least 4 members (excludes halogenated alkanes) is 19. The summed E-state index contributed by atoms with van der Waals surface area (Å²) in [5.74, 6) is -3.08. The van der Waals surface area contributed by atoms with Crippen molar-refractivity contribution in [2.75, 3.05) is 26.4 Å². The summed E-state index contributed by atoms with van der Waals surface area (Å²) in [6.07, 6.45) is 31.3. The van der Waals surface area contributed by atoms with E-state index in [9.17, 15) is 28.8 Å². The molecule has 2 saturated heterocycles. The maximum Gasteiger partial charge on any atom is 0.305 e. The number of hydrogen-bond acceptors (Lipinski definition) is 14. The first-order chi connectivity index (χ1) is 32.0. The third-order valence-corrected chi connectivity index (χ3v) is 12.2. The Morgan fingerprint density at radius 3 is 0.833 bits per heavy atom. The lowest BCUT2D eigenvalue weighted by molar-refractivity contribution is -0.165. The van der Waals surface area contributed by atoms with Crippen LogP contribution in [0.2, 0.25) is 0 Å². The van der Waals surface area contributed by atoms with Crippen LogP contribution in [-0.4, -0.2) is 98.9 Å². The molecule has 14 nitrogen and oxygen atoms in total. The third-order valence-electron chi connectivity index (χ3n) is 12.2. The molecule has 0 aliphatic carbocycles. The van der Waals surface area contributed by atoms with Crippen LogP contribution in [0.25, 0.3) is 0 Å². The van der Waals surface area contributed by atoms with E-state index in [2.05, 4.69) is 13.8 Å². The highest BCUT2D eigenvalue weighted by Crippen LogP contribution is 2.33. The van der Waals surface area contributed by atoms with E-state index in [0.717, 1.165) is 64.2 Å². The molecular formula is C52H90O14. The number of rotatable bonds is 45. The van der Waals surface area contributed by atoms with E-state index < -0.39 is 48.0 Å². The van der Waals surface area contributed by atoms with Crippen LogP contribution < -0.4 is 0 Å². The number of epoxide rings is 2. The largest absolute Gasteiger partial charge is 0.462 e. The molecule has 0 aromatic rings. The van der Waals surface area contributed by atoms with Crippen LogP contribution in [0.1, 0.15) is 233 Å². The molecule has 2 aliphatic heterocycles. The van der Waals surface area contributed by atoms with Crippen molar-refractivity contribution >= 4 is 35.8 Å². The molecule has 0 aromatic heterocycles. The van der Waals surface area contributed by atoms with Crippen LogP contribution in [0.5, 0.6) is 0 Å². The molecule has 2 fully saturated rings. The van der Waals surface area contributed by atoms with Crippen molar-refractivity contribution in [3.63, 3.8) is 0 Å². The molecule has 66 heavy (non-hydrogen) atoms. The van der Waals surface area contributed by atoms with Gasteiger partial charge in [0, 0.05) is 39.5 Å². The molecule has 2 heterocycles. The second-order valence-corrected chi connectivity index (χ2v) is 18.6. The molecule has 2 aliphatic rings. The van der Waals surface area contributed by atoms with Gasteiger partial charge in [0.2, 0.25) is 0 Å². The van der Waals surface area contributed by atoms with E-state index in [1.54, 1.807) is 0 Å². The summed E-state index contributed by atoms with van der Waals surface area (Å²) in [6, 6.07) is 0. The Balaban J connectivity index is 1.45. The minimum absolute atomic E-state index is 0.00847. The van der Waals surface area contributed by atoms with Crippen LogP contribution in [-0.2, 0) is 66.7 Å². The van der Waals surface area contributed by atoms with Gasteiger partial charge in [0.05, 0.1) is 24.4 Å². The minimum Gasteiger partial charge on any atom is -0.462 e. The highest BCUT2D eigenvalue weighted by Gasteiger charge is 2.37. The second kappa shape index (κ2) is 38.7. The van der Waals surface area contributed by atoms with Gasteiger partial charge in [0.15, 0.2) is 12.2 Å². The maximum atomic E-state index is 12.4. The summed E-state index contributed by atoms with van der Waals surface area (Å²) in [4.78, 5) is 72.6. The van der Waals surface area contributed by atoms with Gasteiger partial charge in [0.1, 0.15) is 26.4 Å². The van der Waals surface area contributed by atoms with Crippen molar-refractivity contribution in [1.29, 1.82) is 0 Å². The number of esters is 6. The van der Waals surface area contributed by atoms with Crippen LogP contribution in [0.3, 0.4) is 0 Å². The predicted molar refractivity (Wildman–Crippen MR) is 251 cm³/mol. The Morgan fingerprint density at radius 2 is 0.576 bits per heavy atom. The second-order valence-electron chi connectivity index (χ2n) is 18.6. The van der Waals surface area contributed by atoms with Gasteiger partial charge in [-0.2, -0.15) is 0 Å². The van der Waals surface area contributed by atoms with Crippen molar-refractivity contribution in [1.82, 2.24) is 0 Å². The third kappa shape index (κ3) is 34.1. The van der Waals surface area contributed by atoms with Crippen molar-refractivity contribution in [3.8, 4) is 0 Å². The predicted octanol–water partition coefficient (Wildman–Crippen LogP) is 11.1.